The predicted octanol–water partition coefficient (Wildman–Crippen LogP) is 3.00. The summed E-state index contributed by atoms with van der Waals surface area (Å²) in [5.41, 5.74) is 7.07. The van der Waals surface area contributed by atoms with Gasteiger partial charge in [-0.3, -0.25) is 4.98 Å². The number of ether oxygens (including phenoxy) is 1. The largest absolute Gasteiger partial charge is 0.490 e. The van der Waals surface area contributed by atoms with Gasteiger partial charge in [-0.1, -0.05) is 43.3 Å². The Morgan fingerprint density at radius 1 is 1.00 bits per heavy atom. The molecule has 8 N–H and O–H groups in total. The van der Waals surface area contributed by atoms with E-state index in [0.29, 0.717) is 12.6 Å². The standard InChI is InChI=1S/C37H50N4O7/c1-23(6-5-16-39-36(47)40-21-31(43)34(45)35(46)32(44)22-42)25-10-9-24(2)26(18-25)19-41-37(14-15-37)30-20-38-17-13-28(30)29-7-3-4-8-33(29)48-27-11-12-27/h3-4,7-10,13,17-18,20,23,27,31-32,34-35,41-46H,5-6,11-12,14-16,19,21-22H2,1-2H3,(H2,39,40,47). The van der Waals surface area contributed by atoms with Crippen molar-refractivity contribution >= 4 is 6.03 Å². The third-order valence-corrected chi connectivity index (χ3v) is 9.54. The maximum Gasteiger partial charge on any atom is 0.314 e. The van der Waals surface area contributed by atoms with Crippen LogP contribution in [0.4, 0.5) is 4.79 Å². The van der Waals surface area contributed by atoms with Crippen LogP contribution in [0.15, 0.2) is 60.9 Å². The quantitative estimate of drug-likeness (QED) is 0.0952. The number of para-hydroxylation sites is 1. The van der Waals surface area contributed by atoms with Crippen molar-refractivity contribution in [1.29, 1.82) is 0 Å². The van der Waals surface area contributed by atoms with Crippen LogP contribution in [0.2, 0.25) is 0 Å². The van der Waals surface area contributed by atoms with Crippen LogP contribution in [-0.4, -0.2) is 86.8 Å². The molecule has 0 bridgehead atoms. The smallest absolute Gasteiger partial charge is 0.314 e. The number of aryl methyl sites for hydroxylation is 1. The average molecular weight is 663 g/mol. The third-order valence-electron chi connectivity index (χ3n) is 9.54. The fourth-order valence-electron chi connectivity index (χ4n) is 6.01. The SMILES string of the molecule is Cc1ccc(C(C)CCCNC(=O)NCC(O)C(O)C(O)C(O)CO)cc1CNC1(c2cnccc2-c2ccccc2OC2CC2)CC1. The van der Waals surface area contributed by atoms with Crippen molar-refractivity contribution in [2.75, 3.05) is 19.7 Å². The molecule has 2 aliphatic rings. The lowest BCUT2D eigenvalue weighted by molar-refractivity contribution is -0.113. The number of aliphatic hydroxyl groups is 5. The lowest BCUT2D eigenvalue weighted by atomic mass is 9.92. The van der Waals surface area contributed by atoms with E-state index in [2.05, 4.69) is 77.2 Å². The van der Waals surface area contributed by atoms with Crippen molar-refractivity contribution in [2.24, 2.45) is 0 Å². The van der Waals surface area contributed by atoms with Gasteiger partial charge in [0.15, 0.2) is 0 Å². The Labute approximate surface area is 282 Å². The molecule has 2 aromatic carbocycles. The minimum absolute atomic E-state index is 0.134. The van der Waals surface area contributed by atoms with Gasteiger partial charge in [-0.2, -0.15) is 0 Å². The van der Waals surface area contributed by atoms with Crippen LogP contribution in [0, 0.1) is 6.92 Å². The van der Waals surface area contributed by atoms with Gasteiger partial charge in [0.05, 0.1) is 18.8 Å². The number of aliphatic hydroxyl groups excluding tert-OH is 5. The van der Waals surface area contributed by atoms with Crippen molar-refractivity contribution in [3.63, 3.8) is 0 Å². The van der Waals surface area contributed by atoms with Gasteiger partial charge >= 0.3 is 6.03 Å². The molecule has 1 aromatic heterocycles. The maximum atomic E-state index is 12.2. The van der Waals surface area contributed by atoms with Crippen LogP contribution >= 0.6 is 0 Å². The van der Waals surface area contributed by atoms with Crippen LogP contribution in [0.25, 0.3) is 11.1 Å². The Kier molecular flexibility index (Phi) is 12.1. The van der Waals surface area contributed by atoms with E-state index in [9.17, 15) is 25.2 Å². The average Bonchev–Trinajstić information content (AvgIpc) is 4.05. The first-order valence-electron chi connectivity index (χ1n) is 17.0. The van der Waals surface area contributed by atoms with Crippen LogP contribution in [0.3, 0.4) is 0 Å². The third kappa shape index (κ3) is 9.10. The van der Waals surface area contributed by atoms with Crippen molar-refractivity contribution in [2.45, 2.75) is 101 Å². The normalized spacial score (nSPS) is 18.3. The second-order valence-corrected chi connectivity index (χ2v) is 13.3. The first kappa shape index (κ1) is 35.7. The Balaban J connectivity index is 1.12. The van der Waals surface area contributed by atoms with Crippen LogP contribution < -0.4 is 20.7 Å². The highest BCUT2D eigenvalue weighted by atomic mass is 16.5. The number of amides is 2. The second kappa shape index (κ2) is 16.2. The minimum Gasteiger partial charge on any atom is -0.490 e. The molecule has 2 aliphatic carbocycles. The first-order valence-corrected chi connectivity index (χ1v) is 17.0. The summed E-state index contributed by atoms with van der Waals surface area (Å²) in [6.07, 6.45) is 3.52. The number of carbonyl (C=O) groups is 1. The van der Waals surface area contributed by atoms with E-state index >= 15 is 0 Å². The molecular weight excluding hydrogens is 612 g/mol. The van der Waals surface area contributed by atoms with E-state index in [1.165, 1.54) is 22.3 Å². The number of hydrogen-bond acceptors (Lipinski definition) is 9. The molecule has 11 heteroatoms. The van der Waals surface area contributed by atoms with E-state index in [4.69, 9.17) is 9.84 Å². The number of benzene rings is 2. The van der Waals surface area contributed by atoms with Crippen molar-refractivity contribution < 1.29 is 35.1 Å². The molecule has 260 valence electrons. The zero-order chi connectivity index (χ0) is 34.3. The predicted molar refractivity (Wildman–Crippen MR) is 182 cm³/mol. The number of aromatic nitrogens is 1. The monoisotopic (exact) mass is 662 g/mol. The molecule has 2 amide bonds. The topological polar surface area (TPSA) is 176 Å². The van der Waals surface area contributed by atoms with Crippen LogP contribution in [0.1, 0.15) is 73.6 Å². The molecule has 3 aromatic rings. The number of pyridine rings is 1. The summed E-state index contributed by atoms with van der Waals surface area (Å²) in [6, 6.07) is 16.5. The van der Waals surface area contributed by atoms with E-state index < -0.39 is 37.1 Å². The number of nitrogens with zero attached hydrogens (tertiary/aromatic N) is 1. The molecule has 0 saturated heterocycles. The lowest BCUT2D eigenvalue weighted by Gasteiger charge is -2.25. The van der Waals surface area contributed by atoms with Gasteiger partial charge in [-0.15, -0.1) is 0 Å². The molecule has 0 aliphatic heterocycles. The Bertz CT molecular complexity index is 1510. The zero-order valence-electron chi connectivity index (χ0n) is 27.8. The van der Waals surface area contributed by atoms with Gasteiger partial charge in [-0.25, -0.2) is 4.79 Å². The van der Waals surface area contributed by atoms with Crippen molar-refractivity contribution in [3.05, 3.63) is 83.2 Å². The maximum absolute atomic E-state index is 12.2. The number of rotatable bonds is 18. The van der Waals surface area contributed by atoms with Crippen molar-refractivity contribution in [3.8, 4) is 16.9 Å². The second-order valence-electron chi connectivity index (χ2n) is 13.3. The summed E-state index contributed by atoms with van der Waals surface area (Å²) >= 11 is 0. The highest BCUT2D eigenvalue weighted by Crippen LogP contribution is 2.50. The molecule has 5 unspecified atom stereocenters. The van der Waals surface area contributed by atoms with Crippen LogP contribution in [-0.2, 0) is 12.1 Å². The summed E-state index contributed by atoms with van der Waals surface area (Å²) < 4.78 is 6.27. The molecule has 0 radical (unpaired) electrons. The molecule has 1 heterocycles. The first-order chi connectivity index (χ1) is 23.1. The van der Waals surface area contributed by atoms with Gasteiger partial charge in [0.1, 0.15) is 24.1 Å². The Hall–Kier alpha value is -3.58. The summed E-state index contributed by atoms with van der Waals surface area (Å²) in [6.45, 7) is 4.38. The number of urea groups is 1. The molecule has 48 heavy (non-hydrogen) atoms. The zero-order valence-corrected chi connectivity index (χ0v) is 27.8. The fourth-order valence-corrected chi connectivity index (χ4v) is 6.01. The van der Waals surface area contributed by atoms with Gasteiger partial charge in [0, 0.05) is 43.1 Å². The number of hydrogen-bond donors (Lipinski definition) is 8. The summed E-state index contributed by atoms with van der Waals surface area (Å²) in [5, 5.41) is 57.0. The van der Waals surface area contributed by atoms with Gasteiger partial charge in [-0.05, 0) is 91.3 Å². The lowest BCUT2D eigenvalue weighted by Crippen LogP contribution is -2.50. The highest BCUT2D eigenvalue weighted by Gasteiger charge is 2.46. The molecule has 5 rings (SSSR count). The van der Waals surface area contributed by atoms with Crippen LogP contribution in [0.5, 0.6) is 5.75 Å². The molecule has 2 fully saturated rings. The molecule has 0 spiro atoms. The Morgan fingerprint density at radius 2 is 1.75 bits per heavy atom. The summed E-state index contributed by atoms with van der Waals surface area (Å²) in [4.78, 5) is 16.7. The molecule has 11 nitrogen and oxygen atoms in total. The van der Waals surface area contributed by atoms with Gasteiger partial charge in [0.25, 0.3) is 0 Å². The van der Waals surface area contributed by atoms with Crippen molar-refractivity contribution in [1.82, 2.24) is 20.9 Å². The number of nitrogens with one attached hydrogen (secondary N) is 3. The Morgan fingerprint density at radius 3 is 2.48 bits per heavy atom. The van der Waals surface area contributed by atoms with E-state index in [1.807, 2.05) is 18.5 Å². The molecular formula is C37H50N4O7. The molecule has 2 saturated carbocycles. The summed E-state index contributed by atoms with van der Waals surface area (Å²) in [7, 11) is 0. The summed E-state index contributed by atoms with van der Waals surface area (Å²) in [5.74, 6) is 1.20. The van der Waals surface area contributed by atoms with Gasteiger partial charge in [0.2, 0.25) is 0 Å². The number of carbonyl (C=O) groups excluding carboxylic acids is 1. The van der Waals surface area contributed by atoms with E-state index in [-0.39, 0.29) is 18.0 Å². The van der Waals surface area contributed by atoms with E-state index in [0.717, 1.165) is 61.9 Å². The van der Waals surface area contributed by atoms with Gasteiger partial charge < -0.3 is 46.2 Å². The highest BCUT2D eigenvalue weighted by molar-refractivity contribution is 5.75. The minimum atomic E-state index is -1.74. The molecule has 5 atom stereocenters. The van der Waals surface area contributed by atoms with E-state index in [1.54, 1.807) is 0 Å². The fraction of sp³-hybridized carbons (Fsp3) is 0.514.